The molecule has 0 fully saturated rings. The topological polar surface area (TPSA) is 88.0 Å². The maximum atomic E-state index is 12.6. The van der Waals surface area contributed by atoms with Crippen LogP contribution in [0.4, 0.5) is 5.69 Å². The van der Waals surface area contributed by atoms with Crippen molar-refractivity contribution < 1.29 is 12.8 Å². The van der Waals surface area contributed by atoms with Gasteiger partial charge in [0.2, 0.25) is 0 Å². The molecule has 2 heterocycles. The number of nitrogens with zero attached hydrogens (tertiary/aromatic N) is 1. The molecule has 0 amide bonds. The van der Waals surface area contributed by atoms with Gasteiger partial charge >= 0.3 is 0 Å². The molecule has 120 valence electrons. The Morgan fingerprint density at radius 1 is 1.22 bits per heavy atom. The lowest BCUT2D eigenvalue weighted by Crippen LogP contribution is -2.13. The Balaban J connectivity index is 1.95. The van der Waals surface area contributed by atoms with E-state index in [-0.39, 0.29) is 4.90 Å². The number of aromatic amines is 1. The van der Waals surface area contributed by atoms with Crippen LogP contribution in [0, 0.1) is 13.8 Å². The fourth-order valence-corrected chi connectivity index (χ4v) is 3.53. The van der Waals surface area contributed by atoms with Gasteiger partial charge in [-0.15, -0.1) is 0 Å². The maximum absolute atomic E-state index is 12.6. The van der Waals surface area contributed by atoms with E-state index < -0.39 is 10.0 Å². The van der Waals surface area contributed by atoms with E-state index in [1.54, 1.807) is 37.4 Å². The van der Waals surface area contributed by atoms with Crippen LogP contribution < -0.4 is 4.72 Å². The molecule has 2 aromatic heterocycles. The van der Waals surface area contributed by atoms with Crippen LogP contribution in [0.1, 0.15) is 11.3 Å². The van der Waals surface area contributed by atoms with Gasteiger partial charge in [-0.2, -0.15) is 5.10 Å². The van der Waals surface area contributed by atoms with Gasteiger partial charge in [-0.3, -0.25) is 9.82 Å². The summed E-state index contributed by atoms with van der Waals surface area (Å²) in [5.41, 5.74) is 1.87. The Labute approximate surface area is 138 Å². The van der Waals surface area contributed by atoms with Crippen molar-refractivity contribution >= 4 is 27.3 Å². The minimum atomic E-state index is -3.78. The summed E-state index contributed by atoms with van der Waals surface area (Å²) in [4.78, 5) is 0.0683. The average Bonchev–Trinajstić information content (AvgIpc) is 3.11. The fraction of sp³-hybridized carbons (Fsp3) is 0.133. The van der Waals surface area contributed by atoms with Crippen LogP contribution in [0.15, 0.2) is 45.8 Å². The van der Waals surface area contributed by atoms with Gasteiger partial charge in [-0.25, -0.2) is 8.42 Å². The Morgan fingerprint density at radius 3 is 2.65 bits per heavy atom. The minimum Gasteiger partial charge on any atom is -0.458 e. The zero-order valence-corrected chi connectivity index (χ0v) is 14.0. The van der Waals surface area contributed by atoms with Gasteiger partial charge in [0.25, 0.3) is 10.0 Å². The quantitative estimate of drug-likeness (QED) is 0.749. The number of hydrogen-bond donors (Lipinski definition) is 2. The van der Waals surface area contributed by atoms with Gasteiger partial charge in [0.1, 0.15) is 16.3 Å². The molecule has 0 spiro atoms. The Bertz CT molecular complexity index is 947. The molecule has 3 rings (SSSR count). The van der Waals surface area contributed by atoms with Gasteiger partial charge in [0, 0.05) is 17.3 Å². The van der Waals surface area contributed by atoms with E-state index >= 15 is 0 Å². The molecule has 23 heavy (non-hydrogen) atoms. The first-order valence-electron chi connectivity index (χ1n) is 6.76. The Kier molecular flexibility index (Phi) is 3.91. The van der Waals surface area contributed by atoms with Gasteiger partial charge < -0.3 is 4.42 Å². The molecular weight excluding hydrogens is 338 g/mol. The molecule has 0 saturated carbocycles. The number of aryl methyl sites for hydroxylation is 2. The third-order valence-electron chi connectivity index (χ3n) is 3.35. The molecule has 1 aromatic carbocycles. The predicted octanol–water partition coefficient (Wildman–Crippen LogP) is 3.74. The van der Waals surface area contributed by atoms with E-state index in [2.05, 4.69) is 14.9 Å². The number of sulfonamides is 1. The maximum Gasteiger partial charge on any atom is 0.265 e. The van der Waals surface area contributed by atoms with Gasteiger partial charge in [0.05, 0.1) is 5.69 Å². The van der Waals surface area contributed by atoms with E-state index in [9.17, 15) is 8.42 Å². The lowest BCUT2D eigenvalue weighted by molar-refractivity contribution is 0.534. The van der Waals surface area contributed by atoms with Crippen LogP contribution in [0.25, 0.3) is 11.5 Å². The molecule has 0 aliphatic carbocycles. The Hall–Kier alpha value is -2.25. The highest BCUT2D eigenvalue weighted by molar-refractivity contribution is 7.92. The van der Waals surface area contributed by atoms with Crippen LogP contribution in [-0.2, 0) is 10.0 Å². The lowest BCUT2D eigenvalue weighted by atomic mass is 10.2. The van der Waals surface area contributed by atoms with Crippen molar-refractivity contribution in [3.63, 3.8) is 0 Å². The number of rotatable bonds is 4. The van der Waals surface area contributed by atoms with Gasteiger partial charge in [-0.05, 0) is 37.6 Å². The second-order valence-corrected chi connectivity index (χ2v) is 7.13. The molecule has 0 aliphatic heterocycles. The van der Waals surface area contributed by atoms with Crippen molar-refractivity contribution in [3.8, 4) is 11.5 Å². The molecule has 0 unspecified atom stereocenters. The highest BCUT2D eigenvalue weighted by Gasteiger charge is 2.22. The summed E-state index contributed by atoms with van der Waals surface area (Å²) in [5.74, 6) is 0.697. The largest absolute Gasteiger partial charge is 0.458 e. The highest BCUT2D eigenvalue weighted by atomic mass is 35.5. The van der Waals surface area contributed by atoms with Gasteiger partial charge in [0.15, 0.2) is 5.76 Å². The standard InChI is InChI=1S/C15H14ClN3O3S/c1-9-3-4-11(7-12(9)16)19-23(20,21)15-8-14(22-10(15)2)13-5-6-17-18-13/h3-8,19H,1-2H3,(H,17,18). The van der Waals surface area contributed by atoms with E-state index in [1.807, 2.05) is 6.92 Å². The summed E-state index contributed by atoms with van der Waals surface area (Å²) in [7, 11) is -3.78. The average molecular weight is 352 g/mol. The van der Waals surface area contributed by atoms with Gasteiger partial charge in [-0.1, -0.05) is 17.7 Å². The molecule has 2 N–H and O–H groups in total. The molecule has 0 bridgehead atoms. The number of halogens is 1. The van der Waals surface area contributed by atoms with Crippen molar-refractivity contribution in [1.29, 1.82) is 0 Å². The SMILES string of the molecule is Cc1ccc(NS(=O)(=O)c2cc(-c3ccn[nH]3)oc2C)cc1Cl. The van der Waals surface area contributed by atoms with Crippen molar-refractivity contribution in [1.82, 2.24) is 10.2 Å². The summed E-state index contributed by atoms with van der Waals surface area (Å²) in [6.07, 6.45) is 1.56. The summed E-state index contributed by atoms with van der Waals surface area (Å²) < 4.78 is 33.1. The molecule has 6 nitrogen and oxygen atoms in total. The molecule has 3 aromatic rings. The highest BCUT2D eigenvalue weighted by Crippen LogP contribution is 2.29. The third kappa shape index (κ3) is 3.11. The van der Waals surface area contributed by atoms with E-state index in [4.69, 9.17) is 16.0 Å². The van der Waals surface area contributed by atoms with Crippen LogP contribution in [0.5, 0.6) is 0 Å². The van der Waals surface area contributed by atoms with Crippen LogP contribution in [-0.4, -0.2) is 18.6 Å². The molecular formula is C15H14ClN3O3S. The monoisotopic (exact) mass is 351 g/mol. The number of aromatic nitrogens is 2. The molecule has 8 heteroatoms. The predicted molar refractivity (Wildman–Crippen MR) is 88.0 cm³/mol. The summed E-state index contributed by atoms with van der Waals surface area (Å²) >= 11 is 6.03. The number of furan rings is 1. The summed E-state index contributed by atoms with van der Waals surface area (Å²) in [5, 5.41) is 7.05. The molecule has 0 atom stereocenters. The first-order valence-corrected chi connectivity index (χ1v) is 8.62. The number of H-pyrrole nitrogens is 1. The fourth-order valence-electron chi connectivity index (χ4n) is 2.12. The first-order chi connectivity index (χ1) is 10.9. The van der Waals surface area contributed by atoms with E-state index in [1.165, 1.54) is 6.07 Å². The zero-order valence-electron chi connectivity index (χ0n) is 12.4. The zero-order chi connectivity index (χ0) is 16.6. The van der Waals surface area contributed by atoms with Crippen molar-refractivity contribution in [2.45, 2.75) is 18.7 Å². The van der Waals surface area contributed by atoms with E-state index in [0.29, 0.717) is 27.9 Å². The summed E-state index contributed by atoms with van der Waals surface area (Å²) in [6, 6.07) is 8.13. The third-order valence-corrected chi connectivity index (χ3v) is 5.25. The molecule has 0 radical (unpaired) electrons. The molecule has 0 saturated heterocycles. The number of nitrogens with one attached hydrogen (secondary N) is 2. The first kappa shape index (κ1) is 15.6. The number of hydrogen-bond acceptors (Lipinski definition) is 4. The van der Waals surface area contributed by atoms with Crippen LogP contribution in [0.3, 0.4) is 0 Å². The van der Waals surface area contributed by atoms with Crippen LogP contribution >= 0.6 is 11.6 Å². The Morgan fingerprint density at radius 2 is 2.00 bits per heavy atom. The van der Waals surface area contributed by atoms with Crippen LogP contribution in [0.2, 0.25) is 5.02 Å². The second-order valence-electron chi connectivity index (χ2n) is 5.07. The van der Waals surface area contributed by atoms with Crippen molar-refractivity contribution in [2.75, 3.05) is 4.72 Å². The number of benzene rings is 1. The summed E-state index contributed by atoms with van der Waals surface area (Å²) in [6.45, 7) is 3.44. The van der Waals surface area contributed by atoms with E-state index in [0.717, 1.165) is 5.56 Å². The second kappa shape index (κ2) is 5.75. The number of anilines is 1. The molecule has 0 aliphatic rings. The lowest BCUT2D eigenvalue weighted by Gasteiger charge is -2.08. The smallest absolute Gasteiger partial charge is 0.265 e. The van der Waals surface area contributed by atoms with Crippen molar-refractivity contribution in [3.05, 3.63) is 52.9 Å². The minimum absolute atomic E-state index is 0.0683. The normalized spacial score (nSPS) is 11.6. The van der Waals surface area contributed by atoms with Crippen molar-refractivity contribution in [2.24, 2.45) is 0 Å².